The van der Waals surface area contributed by atoms with Gasteiger partial charge in [0.15, 0.2) is 5.11 Å². The molecule has 1 fully saturated rings. The molecule has 4 rings (SSSR count). The Morgan fingerprint density at radius 1 is 1.06 bits per heavy atom. The summed E-state index contributed by atoms with van der Waals surface area (Å²) in [4.78, 5) is 7.05. The molecular weight excluding hydrogens is 400 g/mol. The molecule has 0 spiro atoms. The molecule has 0 radical (unpaired) electrons. The van der Waals surface area contributed by atoms with Crippen molar-refractivity contribution in [3.05, 3.63) is 82.9 Å². The van der Waals surface area contributed by atoms with E-state index in [0.717, 1.165) is 36.6 Å². The van der Waals surface area contributed by atoms with Gasteiger partial charge >= 0.3 is 0 Å². The summed E-state index contributed by atoms with van der Waals surface area (Å²) in [7, 11) is 0. The lowest BCUT2D eigenvalue weighted by molar-refractivity contribution is 0.312. The number of rotatable bonds is 7. The fraction of sp³-hybridized carbons (Fsp3) is 0.385. The maximum atomic E-state index is 5.80. The van der Waals surface area contributed by atoms with Crippen molar-refractivity contribution < 1.29 is 0 Å². The fourth-order valence-electron chi connectivity index (χ4n) is 4.80. The highest BCUT2D eigenvalue weighted by Crippen LogP contribution is 2.41. The summed E-state index contributed by atoms with van der Waals surface area (Å²) < 4.78 is 2.41. The number of hydrogen-bond donors (Lipinski definition) is 1. The predicted octanol–water partition coefficient (Wildman–Crippen LogP) is 5.82. The molecule has 0 aliphatic carbocycles. The molecule has 1 saturated heterocycles. The molecule has 3 heterocycles. The third-order valence-corrected chi connectivity index (χ3v) is 6.71. The van der Waals surface area contributed by atoms with Crippen LogP contribution in [0.25, 0.3) is 5.69 Å². The third-order valence-electron chi connectivity index (χ3n) is 6.35. The summed E-state index contributed by atoms with van der Waals surface area (Å²) >= 11 is 5.80. The van der Waals surface area contributed by atoms with E-state index in [1.807, 2.05) is 12.3 Å². The second-order valence-electron chi connectivity index (χ2n) is 8.32. The van der Waals surface area contributed by atoms with Crippen LogP contribution >= 0.6 is 12.2 Å². The zero-order valence-electron chi connectivity index (χ0n) is 18.9. The number of nitrogens with zero attached hydrogens (tertiary/aromatic N) is 3. The Balaban J connectivity index is 1.83. The molecule has 2 atom stereocenters. The number of aryl methyl sites for hydroxylation is 2. The van der Waals surface area contributed by atoms with Crippen molar-refractivity contribution >= 4 is 17.3 Å². The van der Waals surface area contributed by atoms with Crippen LogP contribution in [0.15, 0.2) is 54.7 Å². The quantitative estimate of drug-likeness (QED) is 0.477. The molecule has 1 N–H and O–H groups in total. The van der Waals surface area contributed by atoms with E-state index in [1.165, 1.54) is 28.2 Å². The van der Waals surface area contributed by atoms with E-state index in [1.54, 1.807) is 0 Å². The number of pyridine rings is 1. The summed E-state index contributed by atoms with van der Waals surface area (Å²) in [5.41, 5.74) is 7.52. The first-order chi connectivity index (χ1) is 15.1. The molecule has 1 aliphatic rings. The minimum absolute atomic E-state index is 0.0425. The number of benzene rings is 1. The summed E-state index contributed by atoms with van der Waals surface area (Å²) in [6, 6.07) is 17.3. The van der Waals surface area contributed by atoms with Gasteiger partial charge in [-0.3, -0.25) is 4.98 Å². The van der Waals surface area contributed by atoms with Crippen molar-refractivity contribution in [2.24, 2.45) is 0 Å². The molecule has 4 nitrogen and oxygen atoms in total. The highest BCUT2D eigenvalue weighted by molar-refractivity contribution is 7.80. The van der Waals surface area contributed by atoms with Gasteiger partial charge in [0.2, 0.25) is 0 Å². The number of para-hydroxylation sites is 1. The second kappa shape index (κ2) is 9.23. The zero-order chi connectivity index (χ0) is 22.0. The van der Waals surface area contributed by atoms with Crippen molar-refractivity contribution in [1.29, 1.82) is 0 Å². The van der Waals surface area contributed by atoms with Gasteiger partial charge in [0, 0.05) is 29.8 Å². The highest BCUT2D eigenvalue weighted by atomic mass is 32.1. The zero-order valence-corrected chi connectivity index (χ0v) is 19.7. The molecule has 162 valence electrons. The third kappa shape index (κ3) is 3.99. The Hall–Kier alpha value is -2.66. The van der Waals surface area contributed by atoms with Crippen molar-refractivity contribution in [3.63, 3.8) is 0 Å². The van der Waals surface area contributed by atoms with Gasteiger partial charge in [0.1, 0.15) is 0 Å². The first kappa shape index (κ1) is 21.6. The van der Waals surface area contributed by atoms with E-state index < -0.39 is 0 Å². The molecule has 1 aliphatic heterocycles. The molecule has 5 heteroatoms. The standard InChI is InChI=1S/C26H32N4S/c1-5-7-16-29-25(24(28-26(29)31)22-13-10-11-15-27-22)21-17-18(3)30(19(21)4)23-14-9-8-12-20(23)6-2/h8-15,17,24-25H,5-7,16H2,1-4H3,(H,28,31)/t24-,25-/m0/s1. The van der Waals surface area contributed by atoms with Gasteiger partial charge in [-0.2, -0.15) is 0 Å². The van der Waals surface area contributed by atoms with Crippen molar-refractivity contribution in [2.75, 3.05) is 6.54 Å². The van der Waals surface area contributed by atoms with Crippen LogP contribution in [0.3, 0.4) is 0 Å². The van der Waals surface area contributed by atoms with E-state index >= 15 is 0 Å². The topological polar surface area (TPSA) is 33.1 Å². The first-order valence-electron chi connectivity index (χ1n) is 11.3. The van der Waals surface area contributed by atoms with Crippen molar-refractivity contribution in [1.82, 2.24) is 19.8 Å². The van der Waals surface area contributed by atoms with Crippen molar-refractivity contribution in [3.8, 4) is 5.69 Å². The Kier molecular flexibility index (Phi) is 6.42. The van der Waals surface area contributed by atoms with Crippen LogP contribution in [0.5, 0.6) is 0 Å². The largest absolute Gasteiger partial charge is 0.352 e. The van der Waals surface area contributed by atoms with E-state index in [9.17, 15) is 0 Å². The molecule has 31 heavy (non-hydrogen) atoms. The van der Waals surface area contributed by atoms with Crippen LogP contribution in [0.1, 0.15) is 67.0 Å². The number of thiocarbonyl (C=S) groups is 1. The van der Waals surface area contributed by atoms with Gasteiger partial charge in [-0.15, -0.1) is 0 Å². The lowest BCUT2D eigenvalue weighted by Gasteiger charge is -2.28. The Labute approximate surface area is 191 Å². The SMILES string of the molecule is CCCCN1C(=S)N[C@@H](c2ccccn2)[C@@H]1c1cc(C)n(-c2ccccc2CC)c1C. The maximum absolute atomic E-state index is 5.80. The molecule has 3 aromatic rings. The van der Waals surface area contributed by atoms with Crippen molar-refractivity contribution in [2.45, 2.75) is 59.0 Å². The Morgan fingerprint density at radius 2 is 1.84 bits per heavy atom. The first-order valence-corrected chi connectivity index (χ1v) is 11.7. The average molecular weight is 433 g/mol. The molecular formula is C26H32N4S. The number of unbranched alkanes of at least 4 members (excludes halogenated alkanes) is 1. The van der Waals surface area contributed by atoms with Crippen LogP contribution in [0.4, 0.5) is 0 Å². The van der Waals surface area contributed by atoms with Gasteiger partial charge in [-0.25, -0.2) is 0 Å². The molecule has 2 aromatic heterocycles. The molecule has 0 saturated carbocycles. The lowest BCUT2D eigenvalue weighted by atomic mass is 9.96. The van der Waals surface area contributed by atoms with E-state index in [0.29, 0.717) is 0 Å². The monoisotopic (exact) mass is 432 g/mol. The molecule has 0 unspecified atom stereocenters. The van der Waals surface area contributed by atoms with E-state index in [4.69, 9.17) is 12.2 Å². The minimum Gasteiger partial charge on any atom is -0.352 e. The van der Waals surface area contributed by atoms with E-state index in [-0.39, 0.29) is 12.1 Å². The van der Waals surface area contributed by atoms with Crippen LogP contribution < -0.4 is 5.32 Å². The minimum atomic E-state index is 0.0425. The summed E-state index contributed by atoms with van der Waals surface area (Å²) in [6.07, 6.45) is 5.14. The van der Waals surface area contributed by atoms with Crippen LogP contribution in [-0.2, 0) is 6.42 Å². The Bertz CT molecular complexity index is 1060. The lowest BCUT2D eigenvalue weighted by Crippen LogP contribution is -2.30. The molecule has 1 aromatic carbocycles. The van der Waals surface area contributed by atoms with Crippen LogP contribution in [-0.4, -0.2) is 26.1 Å². The summed E-state index contributed by atoms with van der Waals surface area (Å²) in [5.74, 6) is 0. The summed E-state index contributed by atoms with van der Waals surface area (Å²) in [6.45, 7) is 9.84. The number of hydrogen-bond acceptors (Lipinski definition) is 2. The fourth-order valence-corrected chi connectivity index (χ4v) is 5.13. The maximum Gasteiger partial charge on any atom is 0.170 e. The molecule has 0 bridgehead atoms. The second-order valence-corrected chi connectivity index (χ2v) is 8.70. The predicted molar refractivity (Wildman–Crippen MR) is 132 cm³/mol. The Morgan fingerprint density at radius 3 is 2.55 bits per heavy atom. The normalized spacial score (nSPS) is 18.5. The smallest absolute Gasteiger partial charge is 0.170 e. The van der Waals surface area contributed by atoms with Gasteiger partial charge in [-0.05, 0) is 74.3 Å². The van der Waals surface area contributed by atoms with E-state index in [2.05, 4.69) is 89.9 Å². The van der Waals surface area contributed by atoms with Crippen LogP contribution in [0.2, 0.25) is 0 Å². The van der Waals surface area contributed by atoms with Gasteiger partial charge in [0.05, 0.1) is 17.8 Å². The van der Waals surface area contributed by atoms with Gasteiger partial charge in [-0.1, -0.05) is 44.5 Å². The van der Waals surface area contributed by atoms with Gasteiger partial charge < -0.3 is 14.8 Å². The average Bonchev–Trinajstić information content (AvgIpc) is 3.27. The highest BCUT2D eigenvalue weighted by Gasteiger charge is 2.41. The molecule has 0 amide bonds. The van der Waals surface area contributed by atoms with Gasteiger partial charge in [0.25, 0.3) is 0 Å². The number of aromatic nitrogens is 2. The van der Waals surface area contributed by atoms with Crippen LogP contribution in [0, 0.1) is 13.8 Å². The number of nitrogens with one attached hydrogen (secondary N) is 1. The summed E-state index contributed by atoms with van der Waals surface area (Å²) in [5, 5.41) is 4.41.